The third kappa shape index (κ3) is 1.65. The molecule has 16 heavy (non-hydrogen) atoms. The first-order chi connectivity index (χ1) is 7.35. The Bertz CT molecular complexity index is 256. The first kappa shape index (κ1) is 12.2. The zero-order chi connectivity index (χ0) is 12.1. The van der Waals surface area contributed by atoms with Gasteiger partial charge in [0.05, 0.1) is 0 Å². The van der Waals surface area contributed by atoms with E-state index < -0.39 is 0 Å². The zero-order valence-corrected chi connectivity index (χ0v) is 11.8. The molecule has 4 atom stereocenters. The summed E-state index contributed by atoms with van der Waals surface area (Å²) < 4.78 is 0. The van der Waals surface area contributed by atoms with Crippen LogP contribution in [-0.2, 0) is 0 Å². The Labute approximate surface area is 102 Å². The highest BCUT2D eigenvalue weighted by molar-refractivity contribution is 5.15. The van der Waals surface area contributed by atoms with Gasteiger partial charge in [0.1, 0.15) is 0 Å². The molecular formula is C16H28. The lowest BCUT2D eigenvalue weighted by atomic mass is 9.52. The van der Waals surface area contributed by atoms with Gasteiger partial charge in [-0.05, 0) is 47.3 Å². The number of hydrogen-bond acceptors (Lipinski definition) is 0. The maximum absolute atomic E-state index is 2.53. The molecule has 2 rings (SSSR count). The Balaban J connectivity index is 2.37. The highest BCUT2D eigenvalue weighted by atomic mass is 14.6. The number of rotatable bonds is 2. The van der Waals surface area contributed by atoms with Crippen molar-refractivity contribution in [1.82, 2.24) is 0 Å². The fourth-order valence-electron chi connectivity index (χ4n) is 5.32. The molecule has 1 saturated carbocycles. The molecule has 0 saturated heterocycles. The van der Waals surface area contributed by atoms with Gasteiger partial charge in [-0.3, -0.25) is 0 Å². The number of hydrogen-bond donors (Lipinski definition) is 0. The van der Waals surface area contributed by atoms with Crippen molar-refractivity contribution >= 4 is 0 Å². The molecule has 4 unspecified atom stereocenters. The lowest BCUT2D eigenvalue weighted by molar-refractivity contribution is -0.0366. The average Bonchev–Trinajstić information content (AvgIpc) is 2.46. The lowest BCUT2D eigenvalue weighted by Gasteiger charge is -2.53. The largest absolute Gasteiger partial charge is 0.0848 e. The molecule has 0 nitrogen and oxygen atoms in total. The van der Waals surface area contributed by atoms with E-state index in [1.54, 1.807) is 0 Å². The van der Waals surface area contributed by atoms with E-state index in [0.29, 0.717) is 5.41 Å². The predicted octanol–water partition coefficient (Wildman–Crippen LogP) is 4.76. The third-order valence-electron chi connectivity index (χ3n) is 5.23. The van der Waals surface area contributed by atoms with Gasteiger partial charge in [-0.2, -0.15) is 0 Å². The van der Waals surface area contributed by atoms with Crippen molar-refractivity contribution in [2.24, 2.45) is 40.9 Å². The van der Waals surface area contributed by atoms with Crippen LogP contribution in [0.1, 0.15) is 48.0 Å². The van der Waals surface area contributed by atoms with Gasteiger partial charge >= 0.3 is 0 Å². The fourth-order valence-corrected chi connectivity index (χ4v) is 5.32. The standard InChI is InChI=1S/C16H28/c1-10(2)14-12-7-8-13(9-12)15(11(3)4)16(14,5)6/h7-8,10-15H,9H2,1-6H3. The maximum Gasteiger partial charge on any atom is -0.0192 e. The summed E-state index contributed by atoms with van der Waals surface area (Å²) in [6.45, 7) is 14.7. The summed E-state index contributed by atoms with van der Waals surface area (Å²) in [6, 6.07) is 0. The van der Waals surface area contributed by atoms with E-state index in [1.807, 2.05) is 0 Å². The Hall–Kier alpha value is -0.260. The molecule has 0 heteroatoms. The van der Waals surface area contributed by atoms with E-state index in [9.17, 15) is 0 Å². The zero-order valence-electron chi connectivity index (χ0n) is 11.8. The summed E-state index contributed by atoms with van der Waals surface area (Å²) in [5.74, 6) is 5.07. The summed E-state index contributed by atoms with van der Waals surface area (Å²) in [5, 5.41) is 0. The van der Waals surface area contributed by atoms with Gasteiger partial charge in [0.2, 0.25) is 0 Å². The molecule has 0 spiro atoms. The molecule has 0 aliphatic heterocycles. The summed E-state index contributed by atoms with van der Waals surface area (Å²) in [7, 11) is 0. The van der Waals surface area contributed by atoms with E-state index in [2.05, 4.69) is 53.7 Å². The molecule has 0 radical (unpaired) electrons. The average molecular weight is 220 g/mol. The van der Waals surface area contributed by atoms with Crippen LogP contribution in [0.25, 0.3) is 0 Å². The number of fused-ring (bicyclic) bond motifs is 2. The van der Waals surface area contributed by atoms with Gasteiger partial charge in [0, 0.05) is 0 Å². The van der Waals surface area contributed by atoms with Crippen LogP contribution in [0.4, 0.5) is 0 Å². The molecule has 2 bridgehead atoms. The van der Waals surface area contributed by atoms with Gasteiger partial charge in [0.15, 0.2) is 0 Å². The molecule has 2 aliphatic rings. The van der Waals surface area contributed by atoms with Gasteiger partial charge < -0.3 is 0 Å². The van der Waals surface area contributed by atoms with Crippen LogP contribution in [0.5, 0.6) is 0 Å². The highest BCUT2D eigenvalue weighted by Crippen LogP contribution is 2.58. The van der Waals surface area contributed by atoms with Crippen molar-refractivity contribution in [1.29, 1.82) is 0 Å². The van der Waals surface area contributed by atoms with Gasteiger partial charge in [0.25, 0.3) is 0 Å². The van der Waals surface area contributed by atoms with Crippen molar-refractivity contribution in [2.45, 2.75) is 48.0 Å². The molecular weight excluding hydrogens is 192 g/mol. The van der Waals surface area contributed by atoms with E-state index >= 15 is 0 Å². The predicted molar refractivity (Wildman–Crippen MR) is 71.2 cm³/mol. The van der Waals surface area contributed by atoms with Crippen molar-refractivity contribution in [3.8, 4) is 0 Å². The molecule has 0 aromatic heterocycles. The van der Waals surface area contributed by atoms with Crippen LogP contribution in [0, 0.1) is 40.9 Å². The Morgan fingerprint density at radius 3 is 1.56 bits per heavy atom. The topological polar surface area (TPSA) is 0 Å². The van der Waals surface area contributed by atoms with Crippen LogP contribution in [0.15, 0.2) is 12.2 Å². The fraction of sp³-hybridized carbons (Fsp3) is 0.875. The Kier molecular flexibility index (Phi) is 2.97. The first-order valence-electron chi connectivity index (χ1n) is 7.04. The normalized spacial score (nSPS) is 41.0. The van der Waals surface area contributed by atoms with E-state index in [-0.39, 0.29) is 0 Å². The summed E-state index contributed by atoms with van der Waals surface area (Å²) >= 11 is 0. The minimum atomic E-state index is 0.499. The molecule has 0 aromatic rings. The van der Waals surface area contributed by atoms with Gasteiger partial charge in [-0.1, -0.05) is 53.7 Å². The Morgan fingerprint density at radius 1 is 0.875 bits per heavy atom. The third-order valence-corrected chi connectivity index (χ3v) is 5.23. The molecule has 92 valence electrons. The second kappa shape index (κ2) is 3.89. The smallest absolute Gasteiger partial charge is 0.0192 e. The molecule has 0 aromatic carbocycles. The number of allylic oxidation sites excluding steroid dienone is 2. The van der Waals surface area contributed by atoms with Crippen molar-refractivity contribution in [3.63, 3.8) is 0 Å². The second-order valence-corrected chi connectivity index (χ2v) is 7.31. The first-order valence-corrected chi connectivity index (χ1v) is 7.04. The SMILES string of the molecule is CC(C)C1C2C=CC(C2)C(C(C)C)C1(C)C. The summed E-state index contributed by atoms with van der Waals surface area (Å²) in [6.07, 6.45) is 6.48. The van der Waals surface area contributed by atoms with E-state index in [0.717, 1.165) is 35.5 Å². The van der Waals surface area contributed by atoms with Gasteiger partial charge in [-0.15, -0.1) is 0 Å². The summed E-state index contributed by atoms with van der Waals surface area (Å²) in [4.78, 5) is 0. The van der Waals surface area contributed by atoms with Crippen LogP contribution < -0.4 is 0 Å². The van der Waals surface area contributed by atoms with E-state index in [4.69, 9.17) is 0 Å². The van der Waals surface area contributed by atoms with Crippen LogP contribution in [0.3, 0.4) is 0 Å². The second-order valence-electron chi connectivity index (χ2n) is 7.31. The molecule has 2 aliphatic carbocycles. The minimum absolute atomic E-state index is 0.499. The van der Waals surface area contributed by atoms with Crippen molar-refractivity contribution in [3.05, 3.63) is 12.2 Å². The van der Waals surface area contributed by atoms with Crippen LogP contribution >= 0.6 is 0 Å². The Morgan fingerprint density at radius 2 is 1.25 bits per heavy atom. The van der Waals surface area contributed by atoms with Crippen molar-refractivity contribution < 1.29 is 0 Å². The van der Waals surface area contributed by atoms with Crippen LogP contribution in [-0.4, -0.2) is 0 Å². The van der Waals surface area contributed by atoms with Crippen LogP contribution in [0.2, 0.25) is 0 Å². The quantitative estimate of drug-likeness (QED) is 0.588. The maximum atomic E-state index is 2.53. The minimum Gasteiger partial charge on any atom is -0.0848 e. The molecule has 0 N–H and O–H groups in total. The molecule has 0 amide bonds. The van der Waals surface area contributed by atoms with Crippen molar-refractivity contribution in [2.75, 3.05) is 0 Å². The van der Waals surface area contributed by atoms with E-state index in [1.165, 1.54) is 6.42 Å². The summed E-state index contributed by atoms with van der Waals surface area (Å²) in [5.41, 5.74) is 0.499. The van der Waals surface area contributed by atoms with Gasteiger partial charge in [-0.25, -0.2) is 0 Å². The monoisotopic (exact) mass is 220 g/mol. The lowest BCUT2D eigenvalue weighted by Crippen LogP contribution is -2.47. The molecule has 0 heterocycles. The molecule has 1 fully saturated rings. The highest BCUT2D eigenvalue weighted by Gasteiger charge is 2.51.